The molecule has 0 saturated carbocycles. The minimum Gasteiger partial charge on any atom is -0.398 e. The van der Waals surface area contributed by atoms with Crippen LogP contribution in [0.1, 0.15) is 0 Å². The maximum atomic E-state index is 11.8. The number of sulfonamides is 1. The summed E-state index contributed by atoms with van der Waals surface area (Å²) in [4.78, 5) is 11.0. The van der Waals surface area contributed by atoms with Gasteiger partial charge in [-0.15, -0.1) is 0 Å². The van der Waals surface area contributed by atoms with Crippen molar-refractivity contribution in [3.05, 3.63) is 22.7 Å². The minimum absolute atomic E-state index is 0.0440. The molecule has 0 unspecified atom stereocenters. The first-order valence-electron chi connectivity index (χ1n) is 4.62. The highest BCUT2D eigenvalue weighted by molar-refractivity contribution is 9.10. The fraction of sp³-hybridized carbons (Fsp3) is 0.222. The van der Waals surface area contributed by atoms with Gasteiger partial charge in [-0.3, -0.25) is 4.79 Å². The van der Waals surface area contributed by atoms with Crippen molar-refractivity contribution in [3.63, 3.8) is 0 Å². The Bertz CT molecular complexity index is 530. The number of nitrogen functional groups attached to an aromatic ring is 1. The number of benzene rings is 1. The lowest BCUT2D eigenvalue weighted by molar-refractivity contribution is -0.119. The smallest absolute Gasteiger partial charge is 0.241 e. The first-order chi connectivity index (χ1) is 7.86. The Morgan fingerprint density at radius 2 is 2.12 bits per heavy atom. The number of nitrogens with one attached hydrogen (secondary N) is 2. The monoisotopic (exact) mass is 321 g/mol. The molecule has 1 aromatic carbocycles. The Morgan fingerprint density at radius 3 is 2.65 bits per heavy atom. The summed E-state index contributed by atoms with van der Waals surface area (Å²) in [5, 5.41) is 2.31. The molecule has 0 aliphatic heterocycles. The van der Waals surface area contributed by atoms with Gasteiger partial charge in [-0.25, -0.2) is 13.1 Å². The summed E-state index contributed by atoms with van der Waals surface area (Å²) in [6.45, 7) is -0.305. The molecule has 6 nitrogen and oxygen atoms in total. The van der Waals surface area contributed by atoms with E-state index in [1.54, 1.807) is 0 Å². The normalized spacial score (nSPS) is 11.2. The Balaban J connectivity index is 2.90. The minimum atomic E-state index is -3.70. The van der Waals surface area contributed by atoms with Crippen LogP contribution in [0.25, 0.3) is 0 Å². The van der Waals surface area contributed by atoms with Gasteiger partial charge < -0.3 is 11.1 Å². The van der Waals surface area contributed by atoms with Gasteiger partial charge in [0.15, 0.2) is 0 Å². The van der Waals surface area contributed by atoms with Crippen LogP contribution >= 0.6 is 15.9 Å². The Morgan fingerprint density at radius 1 is 1.47 bits per heavy atom. The summed E-state index contributed by atoms with van der Waals surface area (Å²) in [6.07, 6.45) is 0. The van der Waals surface area contributed by atoms with Crippen LogP contribution in [0.5, 0.6) is 0 Å². The summed E-state index contributed by atoms with van der Waals surface area (Å²) in [5.41, 5.74) is 5.99. The molecule has 0 fully saturated rings. The molecule has 4 N–H and O–H groups in total. The largest absolute Gasteiger partial charge is 0.398 e. The summed E-state index contributed by atoms with van der Waals surface area (Å²) in [6, 6.07) is 4.21. The molecular weight excluding hydrogens is 310 g/mol. The van der Waals surface area contributed by atoms with Crippen LogP contribution in [0, 0.1) is 0 Å². The van der Waals surface area contributed by atoms with Gasteiger partial charge in [0.2, 0.25) is 15.9 Å². The van der Waals surface area contributed by atoms with E-state index >= 15 is 0 Å². The quantitative estimate of drug-likeness (QED) is 0.682. The molecule has 0 aliphatic carbocycles. The third-order valence-electron chi connectivity index (χ3n) is 1.98. The van der Waals surface area contributed by atoms with E-state index in [-0.39, 0.29) is 11.4 Å². The highest BCUT2D eigenvalue weighted by atomic mass is 79.9. The second-order valence-electron chi connectivity index (χ2n) is 3.18. The zero-order chi connectivity index (χ0) is 13.1. The second-order valence-corrected chi connectivity index (χ2v) is 5.80. The maximum Gasteiger partial charge on any atom is 0.241 e. The van der Waals surface area contributed by atoms with Gasteiger partial charge >= 0.3 is 0 Å². The van der Waals surface area contributed by atoms with Crippen molar-refractivity contribution in [2.45, 2.75) is 4.90 Å². The molecule has 0 bridgehead atoms. The lowest BCUT2D eigenvalue weighted by Crippen LogP contribution is -2.35. The van der Waals surface area contributed by atoms with Crippen LogP contribution in [-0.2, 0) is 14.8 Å². The van der Waals surface area contributed by atoms with E-state index < -0.39 is 15.9 Å². The molecule has 8 heteroatoms. The predicted molar refractivity (Wildman–Crippen MR) is 67.8 cm³/mol. The van der Waals surface area contributed by atoms with Gasteiger partial charge in [-0.2, -0.15) is 0 Å². The highest BCUT2D eigenvalue weighted by Crippen LogP contribution is 2.22. The van der Waals surface area contributed by atoms with Gasteiger partial charge in [0.1, 0.15) is 0 Å². The molecule has 0 aromatic heterocycles. The van der Waals surface area contributed by atoms with Crippen LogP contribution in [-0.4, -0.2) is 27.9 Å². The summed E-state index contributed by atoms with van der Waals surface area (Å²) >= 11 is 3.14. The third-order valence-corrected chi connectivity index (χ3v) is 4.07. The molecule has 1 aromatic rings. The number of rotatable bonds is 4. The molecule has 94 valence electrons. The molecular formula is C9H12BrN3O3S. The zero-order valence-electron chi connectivity index (χ0n) is 9.03. The first kappa shape index (κ1) is 13.9. The highest BCUT2D eigenvalue weighted by Gasteiger charge is 2.15. The molecule has 0 spiro atoms. The molecule has 0 atom stereocenters. The molecule has 0 aliphatic rings. The Labute approximate surface area is 108 Å². The number of nitrogens with two attached hydrogens (primary N) is 1. The van der Waals surface area contributed by atoms with Crippen molar-refractivity contribution in [2.24, 2.45) is 0 Å². The Kier molecular flexibility index (Phi) is 4.49. The number of likely N-dealkylation sites (N-methyl/N-ethyl adjacent to an activating group) is 1. The fourth-order valence-corrected chi connectivity index (χ4v) is 2.55. The van der Waals surface area contributed by atoms with E-state index in [9.17, 15) is 13.2 Å². The maximum absolute atomic E-state index is 11.8. The van der Waals surface area contributed by atoms with E-state index in [0.717, 1.165) is 0 Å². The van der Waals surface area contributed by atoms with Crippen molar-refractivity contribution in [2.75, 3.05) is 19.3 Å². The van der Waals surface area contributed by atoms with Crippen molar-refractivity contribution >= 4 is 37.5 Å². The number of carbonyl (C=O) groups excluding carboxylic acids is 1. The average Bonchev–Trinajstić information content (AvgIpc) is 2.29. The van der Waals surface area contributed by atoms with Gasteiger partial charge in [0.25, 0.3) is 0 Å². The summed E-state index contributed by atoms with van der Waals surface area (Å²) in [7, 11) is -2.27. The van der Waals surface area contributed by atoms with Crippen molar-refractivity contribution < 1.29 is 13.2 Å². The van der Waals surface area contributed by atoms with Crippen molar-refractivity contribution in [1.29, 1.82) is 0 Å². The first-order valence-corrected chi connectivity index (χ1v) is 6.89. The number of amides is 1. The van der Waals surface area contributed by atoms with Crippen LogP contribution < -0.4 is 15.8 Å². The van der Waals surface area contributed by atoms with Crippen LogP contribution in [0.4, 0.5) is 5.69 Å². The van der Waals surface area contributed by atoms with Crippen molar-refractivity contribution in [3.8, 4) is 0 Å². The average molecular weight is 322 g/mol. The molecule has 1 amide bonds. The lowest BCUT2D eigenvalue weighted by atomic mass is 10.3. The molecule has 1 rings (SSSR count). The van der Waals surface area contributed by atoms with E-state index in [0.29, 0.717) is 10.2 Å². The second kappa shape index (κ2) is 5.48. The van der Waals surface area contributed by atoms with E-state index in [2.05, 4.69) is 26.0 Å². The van der Waals surface area contributed by atoms with Gasteiger partial charge in [0, 0.05) is 17.2 Å². The number of hydrogen-bond acceptors (Lipinski definition) is 4. The fourth-order valence-electron chi connectivity index (χ4n) is 1.01. The zero-order valence-corrected chi connectivity index (χ0v) is 11.4. The predicted octanol–water partition coefficient (Wildman–Crippen LogP) is 0.0556. The molecule has 0 saturated heterocycles. The van der Waals surface area contributed by atoms with Crippen LogP contribution in [0.15, 0.2) is 27.6 Å². The standard InChI is InChI=1S/C9H12BrN3O3S/c1-12-9(14)5-13-17(15,16)6-2-3-8(11)7(10)4-6/h2-4,13H,5,11H2,1H3,(H,12,14). The molecule has 0 radical (unpaired) electrons. The SMILES string of the molecule is CNC(=O)CNS(=O)(=O)c1ccc(N)c(Br)c1. The van der Waals surface area contributed by atoms with E-state index in [1.165, 1.54) is 25.2 Å². The van der Waals surface area contributed by atoms with E-state index in [1.807, 2.05) is 0 Å². The Hall–Kier alpha value is -1.12. The van der Waals surface area contributed by atoms with E-state index in [4.69, 9.17) is 5.73 Å². The van der Waals surface area contributed by atoms with Crippen LogP contribution in [0.2, 0.25) is 0 Å². The van der Waals surface area contributed by atoms with Gasteiger partial charge in [-0.1, -0.05) is 0 Å². The molecule has 17 heavy (non-hydrogen) atoms. The number of hydrogen-bond donors (Lipinski definition) is 3. The lowest BCUT2D eigenvalue weighted by Gasteiger charge is -2.07. The third kappa shape index (κ3) is 3.69. The number of halogens is 1. The summed E-state index contributed by atoms with van der Waals surface area (Å²) < 4.78 is 26.2. The van der Waals surface area contributed by atoms with Crippen LogP contribution in [0.3, 0.4) is 0 Å². The summed E-state index contributed by atoms with van der Waals surface area (Å²) in [5.74, 6) is -0.414. The van der Waals surface area contributed by atoms with Gasteiger partial charge in [-0.05, 0) is 34.1 Å². The number of carbonyl (C=O) groups is 1. The van der Waals surface area contributed by atoms with Gasteiger partial charge in [0.05, 0.1) is 11.4 Å². The topological polar surface area (TPSA) is 101 Å². The molecule has 0 heterocycles. The van der Waals surface area contributed by atoms with Crippen molar-refractivity contribution in [1.82, 2.24) is 10.0 Å². The number of anilines is 1.